The SMILES string of the molecule is O=C(NNC1c2ccccc2-c2ccccc21)[C@@]1(Cc2ccccc2)N=C(c2ccc(OCCCO)cc2)O[C@H]1c1ccccc1Br. The lowest BCUT2D eigenvalue weighted by molar-refractivity contribution is -0.130. The van der Waals surface area contributed by atoms with E-state index in [2.05, 4.69) is 51.0 Å². The Morgan fingerprint density at radius 2 is 1.43 bits per heavy atom. The zero-order valence-corrected chi connectivity index (χ0v) is 27.2. The van der Waals surface area contributed by atoms with Gasteiger partial charge in [0.05, 0.1) is 12.6 Å². The number of aliphatic imine (C=N–C) groups is 1. The normalized spacial score (nSPS) is 18.2. The largest absolute Gasteiger partial charge is 0.494 e. The molecule has 7 nitrogen and oxygen atoms in total. The summed E-state index contributed by atoms with van der Waals surface area (Å²) in [6.07, 6.45) is 0.115. The van der Waals surface area contributed by atoms with Crippen molar-refractivity contribution in [2.75, 3.05) is 13.2 Å². The molecule has 1 aliphatic heterocycles. The number of aliphatic hydroxyl groups excluding tert-OH is 1. The second kappa shape index (κ2) is 13.5. The number of carbonyl (C=O) groups excluding carboxylic acids is 1. The van der Waals surface area contributed by atoms with Crippen molar-refractivity contribution in [2.24, 2.45) is 4.99 Å². The number of hydrogen-bond donors (Lipinski definition) is 3. The Morgan fingerprint density at radius 1 is 0.809 bits per heavy atom. The van der Waals surface area contributed by atoms with E-state index in [9.17, 15) is 4.79 Å². The minimum Gasteiger partial charge on any atom is -0.494 e. The molecule has 47 heavy (non-hydrogen) atoms. The highest BCUT2D eigenvalue weighted by Crippen LogP contribution is 2.46. The molecular formula is C39H34BrN3O4. The van der Waals surface area contributed by atoms with E-state index < -0.39 is 11.6 Å². The molecule has 1 amide bonds. The molecule has 5 aromatic rings. The molecule has 0 unspecified atom stereocenters. The zero-order chi connectivity index (χ0) is 32.2. The fourth-order valence-electron chi connectivity index (χ4n) is 6.41. The maximum Gasteiger partial charge on any atom is 0.266 e. The Hall–Kier alpha value is -4.76. The molecule has 0 spiro atoms. The topological polar surface area (TPSA) is 92.2 Å². The van der Waals surface area contributed by atoms with Crippen molar-refractivity contribution in [1.82, 2.24) is 10.9 Å². The first-order valence-corrected chi connectivity index (χ1v) is 16.5. The summed E-state index contributed by atoms with van der Waals surface area (Å²) in [6.45, 7) is 0.486. The van der Waals surface area contributed by atoms with Crippen LogP contribution in [-0.4, -0.2) is 35.7 Å². The summed E-state index contributed by atoms with van der Waals surface area (Å²) in [5.74, 6) is 0.746. The van der Waals surface area contributed by atoms with E-state index in [1.807, 2.05) is 103 Å². The van der Waals surface area contributed by atoms with E-state index in [4.69, 9.17) is 19.6 Å². The van der Waals surface area contributed by atoms with Gasteiger partial charge in [-0.3, -0.25) is 10.2 Å². The lowest BCUT2D eigenvalue weighted by Gasteiger charge is -2.32. The number of carbonyl (C=O) groups is 1. The first-order chi connectivity index (χ1) is 23.1. The van der Waals surface area contributed by atoms with Gasteiger partial charge in [0.25, 0.3) is 5.91 Å². The van der Waals surface area contributed by atoms with E-state index in [1.165, 1.54) is 0 Å². The fourth-order valence-corrected chi connectivity index (χ4v) is 6.90. The van der Waals surface area contributed by atoms with Crippen LogP contribution in [0.2, 0.25) is 0 Å². The standard InChI is InChI=1S/C39H34BrN3O4/c40-34-18-9-8-17-33(34)36-39(25-26-11-2-1-3-12-26,41-37(47-36)27-19-21-28(22-20-27)46-24-10-23-44)38(45)43-42-35-31-15-6-4-13-29(31)30-14-5-7-16-32(30)35/h1-9,11-22,35-36,42,44H,10,23-25H2,(H,43,45)/t36-,39-/m0/s1. The molecule has 0 fully saturated rings. The number of halogens is 1. The Bertz CT molecular complexity index is 1870. The predicted octanol–water partition coefficient (Wildman–Crippen LogP) is 7.10. The average molecular weight is 689 g/mol. The maximum atomic E-state index is 14.8. The third kappa shape index (κ3) is 6.07. The number of amides is 1. The van der Waals surface area contributed by atoms with Crippen LogP contribution in [0.3, 0.4) is 0 Å². The molecule has 1 heterocycles. The third-order valence-electron chi connectivity index (χ3n) is 8.70. The molecule has 3 N–H and O–H groups in total. The van der Waals surface area contributed by atoms with Crippen molar-refractivity contribution >= 4 is 27.7 Å². The van der Waals surface area contributed by atoms with Crippen molar-refractivity contribution < 1.29 is 19.4 Å². The van der Waals surface area contributed by atoms with Crippen molar-refractivity contribution in [3.8, 4) is 16.9 Å². The highest BCUT2D eigenvalue weighted by molar-refractivity contribution is 9.10. The second-order valence-electron chi connectivity index (χ2n) is 11.7. The van der Waals surface area contributed by atoms with Crippen LogP contribution in [0.1, 0.15) is 46.4 Å². The van der Waals surface area contributed by atoms with E-state index in [0.717, 1.165) is 43.4 Å². The highest BCUT2D eigenvalue weighted by atomic mass is 79.9. The predicted molar refractivity (Wildman–Crippen MR) is 186 cm³/mol. The summed E-state index contributed by atoms with van der Waals surface area (Å²) >= 11 is 3.72. The van der Waals surface area contributed by atoms with Crippen molar-refractivity contribution in [3.05, 3.63) is 160 Å². The summed E-state index contributed by atoms with van der Waals surface area (Å²) in [5.41, 5.74) is 12.1. The minimum absolute atomic E-state index is 0.0688. The van der Waals surface area contributed by atoms with Gasteiger partial charge in [-0.25, -0.2) is 10.4 Å². The molecule has 236 valence electrons. The van der Waals surface area contributed by atoms with Gasteiger partial charge in [0.2, 0.25) is 5.90 Å². The molecule has 0 radical (unpaired) electrons. The van der Waals surface area contributed by atoms with Gasteiger partial charge in [-0.15, -0.1) is 0 Å². The summed E-state index contributed by atoms with van der Waals surface area (Å²) in [4.78, 5) is 20.0. The van der Waals surface area contributed by atoms with Crippen LogP contribution >= 0.6 is 15.9 Å². The van der Waals surface area contributed by atoms with Crippen molar-refractivity contribution in [2.45, 2.75) is 30.5 Å². The molecule has 0 saturated carbocycles. The van der Waals surface area contributed by atoms with Gasteiger partial charge in [0.15, 0.2) is 11.6 Å². The second-order valence-corrected chi connectivity index (χ2v) is 12.5. The first kappa shape index (κ1) is 30.9. The van der Waals surface area contributed by atoms with Gasteiger partial charge in [-0.2, -0.15) is 0 Å². The van der Waals surface area contributed by atoms with Crippen LogP contribution < -0.4 is 15.6 Å². The van der Waals surface area contributed by atoms with E-state index >= 15 is 0 Å². The quantitative estimate of drug-likeness (QED) is 0.102. The molecule has 1 aliphatic carbocycles. The molecule has 0 saturated heterocycles. The molecule has 0 bridgehead atoms. The number of aliphatic hydroxyl groups is 1. The van der Waals surface area contributed by atoms with Crippen LogP contribution in [0.5, 0.6) is 5.75 Å². The number of nitrogens with one attached hydrogen (secondary N) is 2. The van der Waals surface area contributed by atoms with Crippen LogP contribution in [0.25, 0.3) is 11.1 Å². The van der Waals surface area contributed by atoms with Gasteiger partial charge >= 0.3 is 0 Å². The summed E-state index contributed by atoms with van der Waals surface area (Å²) < 4.78 is 13.3. The number of rotatable bonds is 11. The zero-order valence-electron chi connectivity index (χ0n) is 25.6. The van der Waals surface area contributed by atoms with Crippen molar-refractivity contribution in [3.63, 3.8) is 0 Å². The first-order valence-electron chi connectivity index (χ1n) is 15.7. The Morgan fingerprint density at radius 3 is 2.09 bits per heavy atom. The van der Waals surface area contributed by atoms with E-state index in [-0.39, 0.29) is 18.6 Å². The van der Waals surface area contributed by atoms with Gasteiger partial charge in [-0.05, 0) is 58.1 Å². The molecule has 8 heteroatoms. The summed E-state index contributed by atoms with van der Waals surface area (Å²) in [6, 6.07) is 41.5. The summed E-state index contributed by atoms with van der Waals surface area (Å²) in [7, 11) is 0. The number of ether oxygens (including phenoxy) is 2. The Labute approximate surface area is 282 Å². The number of nitrogens with zero attached hydrogens (tertiary/aromatic N) is 1. The number of hydrazine groups is 1. The molecule has 7 rings (SSSR count). The molecule has 0 aromatic heterocycles. The Balaban J connectivity index is 1.27. The smallest absolute Gasteiger partial charge is 0.266 e. The van der Waals surface area contributed by atoms with E-state index in [0.29, 0.717) is 31.1 Å². The number of fused-ring (bicyclic) bond motifs is 3. The fraction of sp³-hybridized carbons (Fsp3) is 0.179. The van der Waals surface area contributed by atoms with Crippen LogP contribution in [0.15, 0.2) is 137 Å². The van der Waals surface area contributed by atoms with E-state index in [1.54, 1.807) is 0 Å². The number of benzene rings is 5. The molecule has 5 aromatic carbocycles. The summed E-state index contributed by atoms with van der Waals surface area (Å²) in [5, 5.41) is 9.10. The van der Waals surface area contributed by atoms with Gasteiger partial charge in [0, 0.05) is 35.0 Å². The monoisotopic (exact) mass is 687 g/mol. The van der Waals surface area contributed by atoms with Crippen molar-refractivity contribution in [1.29, 1.82) is 0 Å². The number of hydrogen-bond acceptors (Lipinski definition) is 6. The third-order valence-corrected chi connectivity index (χ3v) is 9.42. The lowest BCUT2D eigenvalue weighted by Crippen LogP contribution is -2.54. The van der Waals surface area contributed by atoms with Gasteiger partial charge in [0.1, 0.15) is 5.75 Å². The molecule has 2 atom stereocenters. The highest BCUT2D eigenvalue weighted by Gasteiger charge is 2.54. The average Bonchev–Trinajstić information content (AvgIpc) is 3.65. The van der Waals surface area contributed by atoms with Gasteiger partial charge in [-0.1, -0.05) is 113 Å². The van der Waals surface area contributed by atoms with Crippen LogP contribution in [0.4, 0.5) is 0 Å². The van der Waals surface area contributed by atoms with Crippen LogP contribution in [0, 0.1) is 0 Å². The minimum atomic E-state index is -1.36. The molecule has 2 aliphatic rings. The lowest BCUT2D eigenvalue weighted by atomic mass is 9.82. The molecular weight excluding hydrogens is 654 g/mol. The Kier molecular flexibility index (Phi) is 8.89. The maximum absolute atomic E-state index is 14.8. The van der Waals surface area contributed by atoms with Crippen LogP contribution in [-0.2, 0) is 16.0 Å². The van der Waals surface area contributed by atoms with Gasteiger partial charge < -0.3 is 14.6 Å².